The van der Waals surface area contributed by atoms with Crippen molar-refractivity contribution >= 4 is 28.8 Å². The molecule has 0 bridgehead atoms. The van der Waals surface area contributed by atoms with E-state index in [0.717, 1.165) is 24.0 Å². The van der Waals surface area contributed by atoms with Crippen LogP contribution in [-0.2, 0) is 18.5 Å². The molecule has 0 radical (unpaired) electrons. The lowest BCUT2D eigenvalue weighted by molar-refractivity contribution is -0.118. The van der Waals surface area contributed by atoms with E-state index in [-0.39, 0.29) is 17.0 Å². The Hall–Kier alpha value is -4.93. The number of nitrogens with one attached hydrogen (secondary N) is 1. The lowest BCUT2D eigenvalue weighted by Gasteiger charge is -2.20. The van der Waals surface area contributed by atoms with Crippen LogP contribution in [0.2, 0.25) is 0 Å². The maximum absolute atomic E-state index is 13.1. The summed E-state index contributed by atoms with van der Waals surface area (Å²) in [5.41, 5.74) is -0.566. The third-order valence-corrected chi connectivity index (χ3v) is 6.68. The van der Waals surface area contributed by atoms with Gasteiger partial charge in [0, 0.05) is 38.2 Å². The SMILES string of the molecule is [C-]#[N+]Cn1c(=O)c2c(ncn2[C@@H](C)C(=O)Nc2ccnc(-c3cnc(N4CCC[C@H]4C)nc3)n2)n(C)c1=O. The second-order valence-electron chi connectivity index (χ2n) is 9.09. The van der Waals surface area contributed by atoms with Crippen LogP contribution in [0, 0.1) is 6.57 Å². The Labute approximate surface area is 216 Å². The Morgan fingerprint density at radius 3 is 2.68 bits per heavy atom. The summed E-state index contributed by atoms with van der Waals surface area (Å²) in [4.78, 5) is 65.6. The summed E-state index contributed by atoms with van der Waals surface area (Å²) in [7, 11) is 1.46. The van der Waals surface area contributed by atoms with Crippen molar-refractivity contribution in [3.05, 3.63) is 63.2 Å². The van der Waals surface area contributed by atoms with Crippen molar-refractivity contribution in [2.45, 2.75) is 45.4 Å². The Bertz CT molecular complexity index is 1680. The lowest BCUT2D eigenvalue weighted by Crippen LogP contribution is -2.39. The van der Waals surface area contributed by atoms with Crippen LogP contribution >= 0.6 is 0 Å². The van der Waals surface area contributed by atoms with Gasteiger partial charge in [0.1, 0.15) is 11.9 Å². The highest BCUT2D eigenvalue weighted by molar-refractivity contribution is 5.93. The highest BCUT2D eigenvalue weighted by atomic mass is 16.2. The van der Waals surface area contributed by atoms with E-state index in [1.807, 2.05) is 0 Å². The van der Waals surface area contributed by atoms with Gasteiger partial charge in [-0.2, -0.15) is 4.57 Å². The van der Waals surface area contributed by atoms with Gasteiger partial charge in [-0.3, -0.25) is 19.0 Å². The van der Waals surface area contributed by atoms with Gasteiger partial charge in [0.2, 0.25) is 11.9 Å². The van der Waals surface area contributed by atoms with E-state index >= 15 is 0 Å². The van der Waals surface area contributed by atoms with Gasteiger partial charge >= 0.3 is 5.69 Å². The molecule has 1 aliphatic rings. The lowest BCUT2D eigenvalue weighted by atomic mass is 10.2. The van der Waals surface area contributed by atoms with Crippen molar-refractivity contribution in [3.63, 3.8) is 0 Å². The van der Waals surface area contributed by atoms with Crippen LogP contribution in [0.4, 0.5) is 11.8 Å². The minimum Gasteiger partial charge on any atom is -0.338 e. The van der Waals surface area contributed by atoms with Gasteiger partial charge < -0.3 is 14.8 Å². The molecule has 1 aliphatic heterocycles. The topological polar surface area (TPSA) is 150 Å². The molecule has 1 amide bonds. The molecule has 0 unspecified atom stereocenters. The molecule has 38 heavy (non-hydrogen) atoms. The summed E-state index contributed by atoms with van der Waals surface area (Å²) in [5.74, 6) is 0.805. The molecule has 0 saturated carbocycles. The fraction of sp³-hybridized carbons (Fsp3) is 0.375. The number of hydrogen-bond acceptors (Lipinski definition) is 9. The van der Waals surface area contributed by atoms with Crippen LogP contribution in [0.3, 0.4) is 0 Å². The summed E-state index contributed by atoms with van der Waals surface area (Å²) >= 11 is 0. The first kappa shape index (κ1) is 24.8. The maximum atomic E-state index is 13.1. The van der Waals surface area contributed by atoms with Gasteiger partial charge in [-0.05, 0) is 32.8 Å². The molecule has 194 valence electrons. The van der Waals surface area contributed by atoms with Gasteiger partial charge in [-0.1, -0.05) is 0 Å². The van der Waals surface area contributed by atoms with E-state index in [2.05, 4.69) is 46.9 Å². The van der Waals surface area contributed by atoms with Crippen molar-refractivity contribution in [1.29, 1.82) is 0 Å². The molecule has 14 heteroatoms. The zero-order valence-electron chi connectivity index (χ0n) is 21.1. The first-order valence-corrected chi connectivity index (χ1v) is 12.0. The number of imidazole rings is 1. The fourth-order valence-corrected chi connectivity index (χ4v) is 4.52. The molecule has 4 aromatic heterocycles. The molecule has 0 aromatic carbocycles. The van der Waals surface area contributed by atoms with Crippen molar-refractivity contribution in [2.75, 3.05) is 16.8 Å². The quantitative estimate of drug-likeness (QED) is 0.374. The molecule has 14 nitrogen and oxygen atoms in total. The van der Waals surface area contributed by atoms with Gasteiger partial charge in [-0.25, -0.2) is 36.3 Å². The standard InChI is InChI=1S/C24H25N11O3/c1-14-6-5-9-33(14)23-27-10-16(11-28-23)19-26-8-7-17(30-19)31-21(36)15(2)34-13-29-20-18(34)22(37)35(12-25-3)24(38)32(20)4/h7-8,10-11,13-15H,5-6,9,12H2,1-2,4H3,(H,26,30,31,36)/t14-,15+/m1/s1. The number of hydrogen-bond donors (Lipinski definition) is 1. The van der Waals surface area contributed by atoms with E-state index in [0.29, 0.717) is 23.4 Å². The summed E-state index contributed by atoms with van der Waals surface area (Å²) < 4.78 is 3.37. The van der Waals surface area contributed by atoms with Gasteiger partial charge in [0.15, 0.2) is 17.0 Å². The Morgan fingerprint density at radius 2 is 2.00 bits per heavy atom. The number of carbonyl (C=O) groups excluding carboxylic acids is 1. The highest BCUT2D eigenvalue weighted by Gasteiger charge is 2.24. The molecule has 1 N–H and O–H groups in total. The van der Waals surface area contributed by atoms with Gasteiger partial charge in [-0.15, -0.1) is 0 Å². The predicted molar refractivity (Wildman–Crippen MR) is 138 cm³/mol. The van der Waals surface area contributed by atoms with Crippen molar-refractivity contribution in [3.8, 4) is 11.4 Å². The second kappa shape index (κ2) is 9.85. The monoisotopic (exact) mass is 515 g/mol. The predicted octanol–water partition coefficient (Wildman–Crippen LogP) is 1.21. The molecule has 4 aromatic rings. The van der Waals surface area contributed by atoms with Crippen LogP contribution in [0.25, 0.3) is 27.4 Å². The average Bonchev–Trinajstić information content (AvgIpc) is 3.56. The first-order chi connectivity index (χ1) is 18.3. The number of aromatic nitrogens is 8. The average molecular weight is 516 g/mol. The molecule has 1 fully saturated rings. The second-order valence-corrected chi connectivity index (χ2v) is 9.09. The summed E-state index contributed by atoms with van der Waals surface area (Å²) in [6.45, 7) is 11.3. The molecular formula is C24H25N11O3. The molecule has 2 atom stereocenters. The smallest absolute Gasteiger partial charge is 0.338 e. The van der Waals surface area contributed by atoms with E-state index in [9.17, 15) is 14.4 Å². The number of rotatable bonds is 6. The molecule has 0 spiro atoms. The van der Waals surface area contributed by atoms with Crippen molar-refractivity contribution in [1.82, 2.24) is 38.6 Å². The number of carbonyl (C=O) groups is 1. The normalized spacial score (nSPS) is 15.9. The van der Waals surface area contributed by atoms with Crippen LogP contribution in [0.5, 0.6) is 0 Å². The van der Waals surface area contributed by atoms with Crippen molar-refractivity contribution < 1.29 is 4.79 Å². The number of anilines is 2. The number of fused-ring (bicyclic) bond motifs is 1. The Balaban J connectivity index is 1.38. The Kier molecular flexibility index (Phi) is 6.41. The third kappa shape index (κ3) is 4.27. The minimum atomic E-state index is -0.880. The fourth-order valence-electron chi connectivity index (χ4n) is 4.52. The van der Waals surface area contributed by atoms with Crippen LogP contribution in [0.1, 0.15) is 32.7 Å². The molecule has 5 rings (SSSR count). The minimum absolute atomic E-state index is 0.0475. The molecule has 0 aliphatic carbocycles. The van der Waals surface area contributed by atoms with Gasteiger partial charge in [0.25, 0.3) is 12.2 Å². The largest absolute Gasteiger partial charge is 0.338 e. The molecule has 1 saturated heterocycles. The number of aryl methyl sites for hydroxylation is 1. The van der Waals surface area contributed by atoms with Crippen LogP contribution in [-0.4, -0.2) is 57.1 Å². The highest BCUT2D eigenvalue weighted by Crippen LogP contribution is 2.23. The van der Waals surface area contributed by atoms with E-state index in [1.165, 1.54) is 28.7 Å². The summed E-state index contributed by atoms with van der Waals surface area (Å²) in [5, 5.41) is 2.74. The van der Waals surface area contributed by atoms with Crippen LogP contribution in [0.15, 0.2) is 40.6 Å². The third-order valence-electron chi connectivity index (χ3n) is 6.68. The summed E-state index contributed by atoms with van der Waals surface area (Å²) in [6, 6.07) is 1.06. The number of amides is 1. The van der Waals surface area contributed by atoms with E-state index < -0.39 is 29.9 Å². The van der Waals surface area contributed by atoms with Gasteiger partial charge in [0.05, 0.1) is 11.9 Å². The van der Waals surface area contributed by atoms with Crippen LogP contribution < -0.4 is 21.5 Å². The summed E-state index contributed by atoms with van der Waals surface area (Å²) in [6.07, 6.45) is 8.38. The Morgan fingerprint density at radius 1 is 1.24 bits per heavy atom. The first-order valence-electron chi connectivity index (χ1n) is 12.0. The van der Waals surface area contributed by atoms with E-state index in [1.54, 1.807) is 25.4 Å². The zero-order chi connectivity index (χ0) is 27.0. The van der Waals surface area contributed by atoms with E-state index in [4.69, 9.17) is 6.57 Å². The maximum Gasteiger partial charge on any atom is 0.338 e. The zero-order valence-corrected chi connectivity index (χ0v) is 21.1. The number of nitrogens with zero attached hydrogens (tertiary/aromatic N) is 10. The molecular weight excluding hydrogens is 490 g/mol. The van der Waals surface area contributed by atoms with Crippen molar-refractivity contribution in [2.24, 2.45) is 7.05 Å². The molecule has 5 heterocycles.